The van der Waals surface area contributed by atoms with E-state index in [1.807, 2.05) is 25.1 Å². The molecule has 0 aliphatic carbocycles. The molecule has 3 aromatic rings. The highest BCUT2D eigenvalue weighted by Crippen LogP contribution is 2.31. The van der Waals surface area contributed by atoms with E-state index in [0.29, 0.717) is 23.7 Å². The minimum absolute atomic E-state index is 0.190. The largest absolute Gasteiger partial charge is 0.445 e. The maximum atomic E-state index is 12.2. The van der Waals surface area contributed by atoms with Gasteiger partial charge in [0.1, 0.15) is 6.61 Å². The summed E-state index contributed by atoms with van der Waals surface area (Å²) in [6.07, 6.45) is 1.06. The van der Waals surface area contributed by atoms with Crippen LogP contribution in [-0.4, -0.2) is 46.1 Å². The van der Waals surface area contributed by atoms with Crippen LogP contribution in [-0.2, 0) is 4.74 Å². The van der Waals surface area contributed by atoms with Crippen molar-refractivity contribution in [1.82, 2.24) is 20.5 Å². The number of alkyl carbamates (subject to hydrolysis) is 1. The first-order chi connectivity index (χ1) is 13.5. The molecule has 1 aromatic carbocycles. The number of nitrogens with zero attached hydrogens (tertiary/aromatic N) is 2. The summed E-state index contributed by atoms with van der Waals surface area (Å²) in [5.41, 5.74) is 2.72. The summed E-state index contributed by atoms with van der Waals surface area (Å²) < 4.78 is 6.70. The van der Waals surface area contributed by atoms with Gasteiger partial charge in [-0.15, -0.1) is 11.3 Å². The molecule has 0 saturated carbocycles. The van der Waals surface area contributed by atoms with Crippen molar-refractivity contribution in [3.05, 3.63) is 48.3 Å². The maximum absolute atomic E-state index is 12.2. The lowest BCUT2D eigenvalue weighted by Gasteiger charge is -2.03. The van der Waals surface area contributed by atoms with Crippen LogP contribution in [0.2, 0.25) is 0 Å². The highest BCUT2D eigenvalue weighted by molar-refractivity contribution is 8.01. The van der Waals surface area contributed by atoms with E-state index < -0.39 is 6.09 Å². The van der Waals surface area contributed by atoms with E-state index in [0.717, 1.165) is 20.3 Å². The molecule has 10 heteroatoms. The second-order valence-corrected chi connectivity index (χ2v) is 8.09. The van der Waals surface area contributed by atoms with E-state index >= 15 is 0 Å². The Morgan fingerprint density at radius 1 is 1.39 bits per heavy atom. The van der Waals surface area contributed by atoms with E-state index in [-0.39, 0.29) is 12.5 Å². The predicted octanol–water partition coefficient (Wildman–Crippen LogP) is 3.58. The number of ether oxygens (including phenoxy) is 1. The van der Waals surface area contributed by atoms with Crippen LogP contribution in [0.3, 0.4) is 0 Å². The Bertz CT molecular complexity index is 998. The van der Waals surface area contributed by atoms with Crippen molar-refractivity contribution in [2.45, 2.75) is 11.3 Å². The molecule has 0 aliphatic heterocycles. The summed E-state index contributed by atoms with van der Waals surface area (Å²) in [6.45, 7) is 5.99. The van der Waals surface area contributed by atoms with Gasteiger partial charge in [0.2, 0.25) is 0 Å². The minimum Gasteiger partial charge on any atom is -0.445 e. The zero-order valence-corrected chi connectivity index (χ0v) is 16.8. The number of amides is 2. The standard InChI is InChI=1S/C18H19N5O3S2/c1-3-7-26-17(25)19-6-8-27-18-21-13-5-4-12(10-15(13)28-18)20-16(24)14-9-11(2)22-23-14/h3-5,9-10H,1,6-8H2,2H3,(H,19,25)(H,20,24)(H,22,23). The molecule has 8 nitrogen and oxygen atoms in total. The van der Waals surface area contributed by atoms with Gasteiger partial charge in [-0.3, -0.25) is 9.89 Å². The molecular weight excluding hydrogens is 398 g/mol. The lowest BCUT2D eigenvalue weighted by Crippen LogP contribution is -2.26. The highest BCUT2D eigenvalue weighted by atomic mass is 32.2. The molecule has 2 heterocycles. The van der Waals surface area contributed by atoms with Gasteiger partial charge < -0.3 is 15.4 Å². The van der Waals surface area contributed by atoms with Crippen molar-refractivity contribution in [3.63, 3.8) is 0 Å². The Balaban J connectivity index is 1.54. The molecule has 3 N–H and O–H groups in total. The SMILES string of the molecule is C=CCOC(=O)NCCSc1nc2ccc(NC(=O)c3cc(C)[nH]n3)cc2s1. The van der Waals surface area contributed by atoms with Gasteiger partial charge in [0.25, 0.3) is 5.91 Å². The van der Waals surface area contributed by atoms with Crippen molar-refractivity contribution in [2.24, 2.45) is 0 Å². The van der Waals surface area contributed by atoms with Gasteiger partial charge in [-0.05, 0) is 31.2 Å². The number of benzene rings is 1. The quantitative estimate of drug-likeness (QED) is 0.294. The first-order valence-electron chi connectivity index (χ1n) is 8.43. The van der Waals surface area contributed by atoms with E-state index in [1.165, 1.54) is 17.4 Å². The van der Waals surface area contributed by atoms with Crippen LogP contribution in [0, 0.1) is 6.92 Å². The first-order valence-corrected chi connectivity index (χ1v) is 10.2. The number of fused-ring (bicyclic) bond motifs is 1. The number of carbonyl (C=O) groups is 2. The van der Waals surface area contributed by atoms with Gasteiger partial charge in [-0.2, -0.15) is 5.10 Å². The number of hydrogen-bond acceptors (Lipinski definition) is 7. The number of carbonyl (C=O) groups excluding carboxylic acids is 2. The number of hydrogen-bond donors (Lipinski definition) is 3. The summed E-state index contributed by atoms with van der Waals surface area (Å²) >= 11 is 3.08. The number of aromatic nitrogens is 3. The van der Waals surface area contributed by atoms with Gasteiger partial charge in [0.15, 0.2) is 10.0 Å². The van der Waals surface area contributed by atoms with Crippen LogP contribution in [0.1, 0.15) is 16.2 Å². The normalized spacial score (nSPS) is 10.6. The lowest BCUT2D eigenvalue weighted by atomic mass is 10.3. The zero-order chi connectivity index (χ0) is 19.9. The molecule has 28 heavy (non-hydrogen) atoms. The van der Waals surface area contributed by atoms with Crippen LogP contribution in [0.15, 0.2) is 41.3 Å². The molecule has 0 spiro atoms. The van der Waals surface area contributed by atoms with E-state index in [1.54, 1.807) is 17.8 Å². The number of thiazole rings is 1. The molecule has 0 aliphatic rings. The fraction of sp³-hybridized carbons (Fsp3) is 0.222. The summed E-state index contributed by atoms with van der Waals surface area (Å²) in [5.74, 6) is 0.405. The number of aryl methyl sites for hydroxylation is 1. The smallest absolute Gasteiger partial charge is 0.407 e. The maximum Gasteiger partial charge on any atom is 0.407 e. The number of aromatic amines is 1. The number of thioether (sulfide) groups is 1. The summed E-state index contributed by atoms with van der Waals surface area (Å²) in [4.78, 5) is 28.1. The Morgan fingerprint density at radius 3 is 3.00 bits per heavy atom. The van der Waals surface area contributed by atoms with Crippen molar-refractivity contribution < 1.29 is 14.3 Å². The first kappa shape index (κ1) is 19.9. The molecule has 0 radical (unpaired) electrons. The Hall–Kier alpha value is -2.85. The number of anilines is 1. The Labute approximate surface area is 169 Å². The van der Waals surface area contributed by atoms with Crippen molar-refractivity contribution >= 4 is 51.0 Å². The van der Waals surface area contributed by atoms with Crippen molar-refractivity contribution in [1.29, 1.82) is 0 Å². The number of nitrogens with one attached hydrogen (secondary N) is 3. The second kappa shape index (κ2) is 9.38. The second-order valence-electron chi connectivity index (χ2n) is 5.71. The Morgan fingerprint density at radius 2 is 2.25 bits per heavy atom. The van der Waals surface area contributed by atoms with Gasteiger partial charge in [-0.25, -0.2) is 9.78 Å². The lowest BCUT2D eigenvalue weighted by molar-refractivity contribution is 0.102. The van der Waals surface area contributed by atoms with Gasteiger partial charge in [-0.1, -0.05) is 24.4 Å². The molecule has 2 aromatic heterocycles. The van der Waals surface area contributed by atoms with Gasteiger partial charge in [0.05, 0.1) is 10.2 Å². The average molecular weight is 418 g/mol. The monoisotopic (exact) mass is 417 g/mol. The molecule has 3 rings (SSSR count). The minimum atomic E-state index is -0.461. The van der Waals surface area contributed by atoms with Gasteiger partial charge in [0, 0.05) is 23.7 Å². The molecule has 0 fully saturated rings. The third-order valence-electron chi connectivity index (χ3n) is 3.49. The molecule has 146 valence electrons. The van der Waals surface area contributed by atoms with Crippen LogP contribution in [0.4, 0.5) is 10.5 Å². The number of rotatable bonds is 8. The van der Waals surface area contributed by atoms with E-state index in [4.69, 9.17) is 4.74 Å². The van der Waals surface area contributed by atoms with Crippen molar-refractivity contribution in [3.8, 4) is 0 Å². The molecule has 0 saturated heterocycles. The molecule has 0 atom stereocenters. The van der Waals surface area contributed by atoms with Crippen LogP contribution in [0.25, 0.3) is 10.2 Å². The molecule has 0 bridgehead atoms. The molecule has 0 unspecified atom stereocenters. The fourth-order valence-corrected chi connectivity index (χ4v) is 4.28. The molecular formula is C18H19N5O3S2. The van der Waals surface area contributed by atoms with Crippen LogP contribution in [0.5, 0.6) is 0 Å². The van der Waals surface area contributed by atoms with Gasteiger partial charge >= 0.3 is 6.09 Å². The van der Waals surface area contributed by atoms with Crippen LogP contribution < -0.4 is 10.6 Å². The third kappa shape index (κ3) is 5.33. The third-order valence-corrected chi connectivity index (χ3v) is 5.66. The molecule has 2 amide bonds. The van der Waals surface area contributed by atoms with Crippen LogP contribution >= 0.6 is 23.1 Å². The summed E-state index contributed by atoms with van der Waals surface area (Å²) in [6, 6.07) is 7.26. The summed E-state index contributed by atoms with van der Waals surface area (Å²) in [7, 11) is 0. The topological polar surface area (TPSA) is 109 Å². The average Bonchev–Trinajstić information content (AvgIpc) is 3.29. The zero-order valence-electron chi connectivity index (χ0n) is 15.2. The number of H-pyrrole nitrogens is 1. The summed E-state index contributed by atoms with van der Waals surface area (Å²) in [5, 5.41) is 12.2. The van der Waals surface area contributed by atoms with Crippen molar-refractivity contribution in [2.75, 3.05) is 24.2 Å². The van der Waals surface area contributed by atoms with E-state index in [2.05, 4.69) is 32.4 Å². The highest BCUT2D eigenvalue weighted by Gasteiger charge is 2.11. The predicted molar refractivity (Wildman–Crippen MR) is 111 cm³/mol. The fourth-order valence-electron chi connectivity index (χ4n) is 2.25. The Kier molecular flexibility index (Phi) is 6.66. The van der Waals surface area contributed by atoms with E-state index in [9.17, 15) is 9.59 Å².